The Kier molecular flexibility index (Phi) is 5.14. The van der Waals surface area contributed by atoms with Gasteiger partial charge in [-0.3, -0.25) is 0 Å². The van der Waals surface area contributed by atoms with E-state index in [-0.39, 0.29) is 26.3 Å². The van der Waals surface area contributed by atoms with Crippen molar-refractivity contribution in [1.82, 2.24) is 0 Å². The molecule has 1 atom stereocenters. The maximum absolute atomic E-state index is 12.9. The predicted molar refractivity (Wildman–Crippen MR) is 119 cm³/mol. The van der Waals surface area contributed by atoms with E-state index in [1.807, 2.05) is 0 Å². The predicted octanol–water partition coefficient (Wildman–Crippen LogP) is 4.19. The molecule has 1 unspecified atom stereocenters. The van der Waals surface area contributed by atoms with Gasteiger partial charge in [0.15, 0.2) is 5.60 Å². The summed E-state index contributed by atoms with van der Waals surface area (Å²) in [6.07, 6.45) is 0. The van der Waals surface area contributed by atoms with Gasteiger partial charge in [-0.2, -0.15) is 8.42 Å². The summed E-state index contributed by atoms with van der Waals surface area (Å²) in [5.74, 6) is -0.199. The molecule has 0 amide bonds. The Morgan fingerprint density at radius 2 is 1.38 bits per heavy atom. The minimum atomic E-state index is -4.09. The maximum Gasteiger partial charge on any atom is 0.298 e. The van der Waals surface area contributed by atoms with Crippen molar-refractivity contribution >= 4 is 71.2 Å². The first-order chi connectivity index (χ1) is 13.6. The van der Waals surface area contributed by atoms with Gasteiger partial charge in [0.1, 0.15) is 24.2 Å². The van der Waals surface area contributed by atoms with Crippen LogP contribution in [-0.2, 0) is 19.9 Å². The van der Waals surface area contributed by atoms with E-state index in [1.54, 1.807) is 36.4 Å². The van der Waals surface area contributed by atoms with Crippen molar-refractivity contribution in [1.29, 1.82) is 0 Å². The fourth-order valence-electron chi connectivity index (χ4n) is 3.40. The van der Waals surface area contributed by atoms with Crippen LogP contribution < -0.4 is 5.46 Å². The number of hydrogen-bond acceptors (Lipinski definition) is 5. The van der Waals surface area contributed by atoms with E-state index in [0.29, 0.717) is 25.6 Å². The van der Waals surface area contributed by atoms with Gasteiger partial charge >= 0.3 is 0 Å². The summed E-state index contributed by atoms with van der Waals surface area (Å²) in [7, 11) is 1.86. The third-order valence-corrected chi connectivity index (χ3v) is 7.87. The summed E-state index contributed by atoms with van der Waals surface area (Å²) in [6.45, 7) is 0. The molecule has 0 bridgehead atoms. The van der Waals surface area contributed by atoms with E-state index in [9.17, 15) is 18.6 Å². The molecule has 2 radical (unpaired) electrons. The van der Waals surface area contributed by atoms with Crippen molar-refractivity contribution in [3.8, 4) is 11.5 Å². The first-order valence-corrected chi connectivity index (χ1v) is 11.9. The largest absolute Gasteiger partial charge is 0.507 e. The molecular weight excluding hydrogens is 591 g/mol. The van der Waals surface area contributed by atoms with Crippen LogP contribution in [0.5, 0.6) is 11.5 Å². The highest BCUT2D eigenvalue weighted by molar-refractivity contribution is 9.11. The van der Waals surface area contributed by atoms with Gasteiger partial charge in [0.05, 0.1) is 13.4 Å². The molecule has 4 rings (SSSR count). The van der Waals surface area contributed by atoms with Crippen molar-refractivity contribution in [2.45, 2.75) is 10.5 Å². The molecule has 0 spiro atoms. The lowest BCUT2D eigenvalue weighted by atomic mass is 9.78. The van der Waals surface area contributed by atoms with Gasteiger partial charge in [0.25, 0.3) is 10.1 Å². The first kappa shape index (κ1) is 20.9. The number of phenols is 2. The highest BCUT2D eigenvalue weighted by Gasteiger charge is 2.51. The molecule has 0 aromatic heterocycles. The van der Waals surface area contributed by atoms with Crippen LogP contribution in [0.3, 0.4) is 0 Å². The number of phenolic OH excluding ortho intramolecular Hbond substituents is 2. The average Bonchev–Trinajstić information content (AvgIpc) is 2.92. The standard InChI is InChI=1S/C19H10BBr3O5S/c20-12-5-9(6-13(21)17(12)24)19(10-7-14(22)18(25)15(23)8-10)11-3-1-2-4-16(11)29(26,27)28-19/h1-8,24-25H. The second kappa shape index (κ2) is 7.13. The lowest BCUT2D eigenvalue weighted by Gasteiger charge is -2.30. The molecule has 1 heterocycles. The van der Waals surface area contributed by atoms with E-state index in [1.165, 1.54) is 12.1 Å². The number of halogens is 3. The molecule has 2 N–H and O–H groups in total. The van der Waals surface area contributed by atoms with Crippen LogP contribution in [-0.4, -0.2) is 26.5 Å². The molecule has 0 saturated carbocycles. The Morgan fingerprint density at radius 3 is 1.97 bits per heavy atom. The lowest BCUT2D eigenvalue weighted by Crippen LogP contribution is -2.31. The summed E-state index contributed by atoms with van der Waals surface area (Å²) in [5.41, 5.74) is -0.326. The smallest absolute Gasteiger partial charge is 0.298 e. The highest BCUT2D eigenvalue weighted by Crippen LogP contribution is 2.52. The Morgan fingerprint density at radius 1 is 0.862 bits per heavy atom. The van der Waals surface area contributed by atoms with Crippen LogP contribution in [0.15, 0.2) is 66.8 Å². The Balaban J connectivity index is 2.16. The third-order valence-electron chi connectivity index (χ3n) is 4.69. The van der Waals surface area contributed by atoms with E-state index in [0.717, 1.165) is 0 Å². The average molecular weight is 601 g/mol. The second-order valence-corrected chi connectivity index (χ2v) is 10.5. The van der Waals surface area contributed by atoms with Gasteiger partial charge in [-0.05, 0) is 83.2 Å². The molecule has 5 nitrogen and oxygen atoms in total. The third kappa shape index (κ3) is 3.16. The van der Waals surface area contributed by atoms with E-state index in [4.69, 9.17) is 12.0 Å². The molecule has 1 aliphatic heterocycles. The Labute approximate surface area is 193 Å². The molecule has 0 saturated heterocycles. The van der Waals surface area contributed by atoms with Gasteiger partial charge in [0, 0.05) is 5.56 Å². The Hall–Kier alpha value is -1.33. The molecule has 10 heteroatoms. The molecule has 3 aromatic rings. The van der Waals surface area contributed by atoms with E-state index < -0.39 is 15.7 Å². The minimum absolute atomic E-state index is 0.0306. The molecule has 146 valence electrons. The lowest BCUT2D eigenvalue weighted by molar-refractivity contribution is 0.180. The Bertz CT molecular complexity index is 1170. The van der Waals surface area contributed by atoms with Crippen LogP contribution in [0.1, 0.15) is 16.7 Å². The zero-order valence-corrected chi connectivity index (χ0v) is 19.9. The fourth-order valence-corrected chi connectivity index (χ4v) is 6.49. The number of aromatic hydroxyl groups is 2. The van der Waals surface area contributed by atoms with Crippen molar-refractivity contribution in [3.05, 3.63) is 78.6 Å². The van der Waals surface area contributed by atoms with Crippen molar-refractivity contribution < 1.29 is 22.8 Å². The van der Waals surface area contributed by atoms with Crippen LogP contribution in [0.4, 0.5) is 0 Å². The van der Waals surface area contributed by atoms with Gasteiger partial charge in [0.2, 0.25) is 0 Å². The van der Waals surface area contributed by atoms with E-state index in [2.05, 4.69) is 47.8 Å². The van der Waals surface area contributed by atoms with Gasteiger partial charge in [-0.1, -0.05) is 29.7 Å². The molecule has 1 aliphatic rings. The quantitative estimate of drug-likeness (QED) is 0.341. The zero-order chi connectivity index (χ0) is 21.1. The maximum atomic E-state index is 12.9. The van der Waals surface area contributed by atoms with Gasteiger partial charge in [-0.15, -0.1) is 0 Å². The van der Waals surface area contributed by atoms with Gasteiger partial charge < -0.3 is 10.2 Å². The number of rotatable bonds is 2. The molecular formula is C19H10BBr3O5S. The summed E-state index contributed by atoms with van der Waals surface area (Å²) < 4.78 is 32.5. The first-order valence-electron chi connectivity index (χ1n) is 8.10. The summed E-state index contributed by atoms with van der Waals surface area (Å²) in [6, 6.07) is 12.6. The van der Waals surface area contributed by atoms with Crippen LogP contribution in [0, 0.1) is 0 Å². The number of benzene rings is 3. The summed E-state index contributed by atoms with van der Waals surface area (Å²) in [5, 5.41) is 20.2. The van der Waals surface area contributed by atoms with E-state index >= 15 is 0 Å². The van der Waals surface area contributed by atoms with Gasteiger partial charge in [-0.25, -0.2) is 4.18 Å². The monoisotopic (exact) mass is 598 g/mol. The topological polar surface area (TPSA) is 83.8 Å². The van der Waals surface area contributed by atoms with Crippen molar-refractivity contribution in [2.75, 3.05) is 0 Å². The normalized spacial score (nSPS) is 19.8. The number of fused-ring (bicyclic) bond motifs is 1. The fraction of sp³-hybridized carbons (Fsp3) is 0.0526. The van der Waals surface area contributed by atoms with Crippen LogP contribution >= 0.6 is 47.8 Å². The molecule has 0 fully saturated rings. The summed E-state index contributed by atoms with van der Waals surface area (Å²) in [4.78, 5) is 0.0306. The molecule has 0 aliphatic carbocycles. The van der Waals surface area contributed by atoms with Crippen molar-refractivity contribution in [2.24, 2.45) is 0 Å². The van der Waals surface area contributed by atoms with Crippen molar-refractivity contribution in [3.63, 3.8) is 0 Å². The highest BCUT2D eigenvalue weighted by atomic mass is 79.9. The SMILES string of the molecule is [B]c1cc(C2(c3cc(Br)c(O)c(Br)c3)OS(=O)(=O)c3ccccc32)cc(Br)c1O. The molecule has 29 heavy (non-hydrogen) atoms. The van der Waals surface area contributed by atoms with Crippen LogP contribution in [0.25, 0.3) is 0 Å². The van der Waals surface area contributed by atoms with Crippen LogP contribution in [0.2, 0.25) is 0 Å². The summed E-state index contributed by atoms with van der Waals surface area (Å²) >= 11 is 9.84. The number of hydrogen-bond donors (Lipinski definition) is 2. The minimum Gasteiger partial charge on any atom is -0.507 e. The zero-order valence-electron chi connectivity index (χ0n) is 14.4. The second-order valence-electron chi connectivity index (χ2n) is 6.40. The molecule has 3 aromatic carbocycles.